The number of hydrogen-bond donors (Lipinski definition) is 1. The second kappa shape index (κ2) is 5.94. The van der Waals surface area contributed by atoms with Crippen LogP contribution in [0.1, 0.15) is 19.4 Å². The van der Waals surface area contributed by atoms with E-state index in [0.29, 0.717) is 13.1 Å². The van der Waals surface area contributed by atoms with E-state index in [1.54, 1.807) is 4.90 Å². The maximum Gasteiger partial charge on any atom is 0.325 e. The van der Waals surface area contributed by atoms with Crippen molar-refractivity contribution in [2.45, 2.75) is 20.3 Å². The number of urea groups is 1. The van der Waals surface area contributed by atoms with Crippen molar-refractivity contribution >= 4 is 17.7 Å². The summed E-state index contributed by atoms with van der Waals surface area (Å²) < 4.78 is 0. The van der Waals surface area contributed by atoms with Crippen LogP contribution >= 0.6 is 0 Å². The monoisotopic (exact) mass is 276 g/mol. The lowest BCUT2D eigenvalue weighted by Crippen LogP contribution is -2.46. The third-order valence-corrected chi connectivity index (χ3v) is 3.30. The molecule has 5 heteroatoms. The molecule has 1 N–H and O–H groups in total. The van der Waals surface area contributed by atoms with E-state index < -0.39 is 5.97 Å². The van der Waals surface area contributed by atoms with E-state index in [4.69, 9.17) is 5.11 Å². The Morgan fingerprint density at radius 3 is 2.70 bits per heavy atom. The number of carboxylic acid groups (broad SMARTS) is 1. The van der Waals surface area contributed by atoms with Crippen molar-refractivity contribution in [2.24, 2.45) is 5.92 Å². The summed E-state index contributed by atoms with van der Waals surface area (Å²) in [6.45, 7) is 4.76. The molecule has 0 aromatic heterocycles. The number of rotatable bonds is 4. The Morgan fingerprint density at radius 1 is 1.35 bits per heavy atom. The molecule has 0 bridgehead atoms. The summed E-state index contributed by atoms with van der Waals surface area (Å²) in [5.74, 6) is -0.748. The number of aliphatic carboxylic acids is 1. The van der Waals surface area contributed by atoms with Gasteiger partial charge in [-0.05, 0) is 24.0 Å². The first-order valence-corrected chi connectivity index (χ1v) is 6.85. The van der Waals surface area contributed by atoms with E-state index in [9.17, 15) is 9.59 Å². The average molecular weight is 276 g/mol. The zero-order valence-electron chi connectivity index (χ0n) is 11.9. The summed E-state index contributed by atoms with van der Waals surface area (Å²) >= 11 is 0. The van der Waals surface area contributed by atoms with Gasteiger partial charge in [-0.2, -0.15) is 0 Å². The van der Waals surface area contributed by atoms with Gasteiger partial charge in [0, 0.05) is 18.8 Å². The van der Waals surface area contributed by atoms with Gasteiger partial charge in [-0.3, -0.25) is 9.69 Å². The molecule has 0 unspecified atom stereocenters. The number of carboxylic acids is 1. The van der Waals surface area contributed by atoms with Crippen molar-refractivity contribution < 1.29 is 14.7 Å². The second-order valence-electron chi connectivity index (χ2n) is 5.48. The van der Waals surface area contributed by atoms with Crippen molar-refractivity contribution in [1.29, 1.82) is 0 Å². The van der Waals surface area contributed by atoms with Gasteiger partial charge in [0.05, 0.1) is 0 Å². The van der Waals surface area contributed by atoms with Crippen LogP contribution in [0.4, 0.5) is 10.5 Å². The van der Waals surface area contributed by atoms with Gasteiger partial charge >= 0.3 is 12.0 Å². The number of benzene rings is 1. The predicted molar refractivity (Wildman–Crippen MR) is 76.9 cm³/mol. The fraction of sp³-hybridized carbons (Fsp3) is 0.467. The molecule has 0 fully saturated rings. The number of nitrogens with zero attached hydrogens (tertiary/aromatic N) is 2. The number of carbonyl (C=O) groups excluding carboxylic acids is 1. The van der Waals surface area contributed by atoms with Gasteiger partial charge in [0.2, 0.25) is 0 Å². The smallest absolute Gasteiger partial charge is 0.325 e. The third-order valence-electron chi connectivity index (χ3n) is 3.30. The Balaban J connectivity index is 2.18. The zero-order chi connectivity index (χ0) is 14.7. The molecule has 2 rings (SSSR count). The highest BCUT2D eigenvalue weighted by Crippen LogP contribution is 2.28. The molecule has 0 radical (unpaired) electrons. The van der Waals surface area contributed by atoms with Gasteiger partial charge in [-0.15, -0.1) is 0 Å². The van der Waals surface area contributed by atoms with E-state index in [1.165, 1.54) is 4.90 Å². The summed E-state index contributed by atoms with van der Waals surface area (Å²) in [5.41, 5.74) is 2.04. The summed E-state index contributed by atoms with van der Waals surface area (Å²) in [6, 6.07) is 7.55. The van der Waals surface area contributed by atoms with Crippen LogP contribution in [-0.2, 0) is 11.2 Å². The van der Waals surface area contributed by atoms with Gasteiger partial charge in [-0.25, -0.2) is 4.79 Å². The molecular formula is C15H20N2O3. The quantitative estimate of drug-likeness (QED) is 0.917. The second-order valence-corrected chi connectivity index (χ2v) is 5.48. The fourth-order valence-electron chi connectivity index (χ4n) is 2.52. The first-order chi connectivity index (χ1) is 9.49. The van der Waals surface area contributed by atoms with E-state index in [-0.39, 0.29) is 18.5 Å². The highest BCUT2D eigenvalue weighted by Gasteiger charge is 2.29. The van der Waals surface area contributed by atoms with Crippen LogP contribution in [0.15, 0.2) is 24.3 Å². The first kappa shape index (κ1) is 14.4. The standard InChI is InChI=1S/C15H20N2O3/c1-11(2)9-16(10-14(18)19)15(20)17-8-7-12-5-3-4-6-13(12)17/h3-6,11H,7-10H2,1-2H3,(H,18,19). The number of amides is 2. The van der Waals surface area contributed by atoms with E-state index in [0.717, 1.165) is 17.7 Å². The lowest BCUT2D eigenvalue weighted by Gasteiger charge is -2.28. The lowest BCUT2D eigenvalue weighted by molar-refractivity contribution is -0.137. The molecule has 108 valence electrons. The molecule has 0 saturated heterocycles. The molecule has 20 heavy (non-hydrogen) atoms. The molecular weight excluding hydrogens is 256 g/mol. The summed E-state index contributed by atoms with van der Waals surface area (Å²) in [4.78, 5) is 26.6. The van der Waals surface area contributed by atoms with Gasteiger partial charge in [0.15, 0.2) is 0 Å². The van der Waals surface area contributed by atoms with Crippen LogP contribution in [0.5, 0.6) is 0 Å². The predicted octanol–water partition coefficient (Wildman–Crippen LogP) is 2.21. The molecule has 1 aromatic carbocycles. The summed E-state index contributed by atoms with van der Waals surface area (Å²) in [5, 5.41) is 8.97. The highest BCUT2D eigenvalue weighted by molar-refractivity contribution is 5.95. The van der Waals surface area contributed by atoms with E-state index in [1.807, 2.05) is 38.1 Å². The minimum Gasteiger partial charge on any atom is -0.480 e. The SMILES string of the molecule is CC(C)CN(CC(=O)O)C(=O)N1CCc2ccccc21. The number of anilines is 1. The van der Waals surface area contributed by atoms with Crippen molar-refractivity contribution in [2.75, 3.05) is 24.5 Å². The Kier molecular flexibility index (Phi) is 4.27. The van der Waals surface area contributed by atoms with E-state index in [2.05, 4.69) is 0 Å². The van der Waals surface area contributed by atoms with Crippen LogP contribution in [0.3, 0.4) is 0 Å². The maximum absolute atomic E-state index is 12.6. The molecule has 1 aliphatic heterocycles. The summed E-state index contributed by atoms with van der Waals surface area (Å²) in [7, 11) is 0. The largest absolute Gasteiger partial charge is 0.480 e. The topological polar surface area (TPSA) is 60.9 Å². The molecule has 2 amide bonds. The van der Waals surface area contributed by atoms with Crippen molar-refractivity contribution in [3.8, 4) is 0 Å². The average Bonchev–Trinajstić information content (AvgIpc) is 2.79. The number of fused-ring (bicyclic) bond motifs is 1. The van der Waals surface area contributed by atoms with Crippen LogP contribution < -0.4 is 4.90 Å². The van der Waals surface area contributed by atoms with Crippen LogP contribution in [0.2, 0.25) is 0 Å². The van der Waals surface area contributed by atoms with E-state index >= 15 is 0 Å². The number of carbonyl (C=O) groups is 2. The maximum atomic E-state index is 12.6. The third kappa shape index (κ3) is 3.10. The van der Waals surface area contributed by atoms with Crippen molar-refractivity contribution in [1.82, 2.24) is 4.90 Å². The van der Waals surface area contributed by atoms with Gasteiger partial charge < -0.3 is 10.0 Å². The number of hydrogen-bond acceptors (Lipinski definition) is 2. The fourth-order valence-corrected chi connectivity index (χ4v) is 2.52. The molecule has 1 heterocycles. The molecule has 1 aliphatic rings. The molecule has 0 saturated carbocycles. The molecule has 0 aliphatic carbocycles. The van der Waals surface area contributed by atoms with Gasteiger partial charge in [-0.1, -0.05) is 32.0 Å². The Bertz CT molecular complexity index is 514. The Labute approximate surface area is 118 Å². The van der Waals surface area contributed by atoms with Crippen molar-refractivity contribution in [3.63, 3.8) is 0 Å². The molecule has 1 aromatic rings. The van der Waals surface area contributed by atoms with Crippen LogP contribution in [0.25, 0.3) is 0 Å². The molecule has 0 spiro atoms. The molecule has 0 atom stereocenters. The first-order valence-electron chi connectivity index (χ1n) is 6.85. The minimum atomic E-state index is -0.980. The van der Waals surface area contributed by atoms with Gasteiger partial charge in [0.25, 0.3) is 0 Å². The molecule has 5 nitrogen and oxygen atoms in total. The van der Waals surface area contributed by atoms with Crippen molar-refractivity contribution in [3.05, 3.63) is 29.8 Å². The number of para-hydroxylation sites is 1. The highest BCUT2D eigenvalue weighted by atomic mass is 16.4. The summed E-state index contributed by atoms with van der Waals surface area (Å²) in [6.07, 6.45) is 0.824. The Morgan fingerprint density at radius 2 is 2.05 bits per heavy atom. The van der Waals surface area contributed by atoms with Gasteiger partial charge in [0.1, 0.15) is 6.54 Å². The van der Waals surface area contributed by atoms with Crippen LogP contribution in [0, 0.1) is 5.92 Å². The Hall–Kier alpha value is -2.04. The minimum absolute atomic E-state index is 0.217. The van der Waals surface area contributed by atoms with Crippen LogP contribution in [-0.4, -0.2) is 41.6 Å². The lowest BCUT2D eigenvalue weighted by atomic mass is 10.2. The normalized spacial score (nSPS) is 13.4. The zero-order valence-corrected chi connectivity index (χ0v) is 11.9.